The highest BCUT2D eigenvalue weighted by Crippen LogP contribution is 2.20. The molecule has 3 nitrogen and oxygen atoms in total. The van der Waals surface area contributed by atoms with Gasteiger partial charge in [0.25, 0.3) is 0 Å². The van der Waals surface area contributed by atoms with Crippen LogP contribution in [0.15, 0.2) is 23.8 Å². The lowest BCUT2D eigenvalue weighted by molar-refractivity contribution is -0.219. The van der Waals surface area contributed by atoms with Crippen LogP contribution in [0.2, 0.25) is 0 Å². The van der Waals surface area contributed by atoms with Crippen LogP contribution >= 0.6 is 0 Å². The van der Waals surface area contributed by atoms with Crippen LogP contribution in [0.5, 0.6) is 0 Å². The zero-order chi connectivity index (χ0) is 9.80. The molecule has 0 bridgehead atoms. The van der Waals surface area contributed by atoms with Gasteiger partial charge in [-0.25, -0.2) is 0 Å². The fourth-order valence-electron chi connectivity index (χ4n) is 1.82. The maximum absolute atomic E-state index is 9.23. The third kappa shape index (κ3) is 2.67. The smallest absolute Gasteiger partial charge is 0.178 e. The summed E-state index contributed by atoms with van der Waals surface area (Å²) in [6.45, 7) is 0.896. The van der Waals surface area contributed by atoms with Crippen molar-refractivity contribution in [3.8, 4) is 0 Å². The van der Waals surface area contributed by atoms with Crippen LogP contribution < -0.4 is 0 Å². The molecule has 0 spiro atoms. The molecule has 14 heavy (non-hydrogen) atoms. The Morgan fingerprint density at radius 3 is 3.07 bits per heavy atom. The Morgan fingerprint density at radius 1 is 1.43 bits per heavy atom. The molecule has 1 aliphatic heterocycles. The van der Waals surface area contributed by atoms with Gasteiger partial charge in [-0.1, -0.05) is 23.8 Å². The van der Waals surface area contributed by atoms with Crippen LogP contribution in [0.25, 0.3) is 0 Å². The second-order valence-corrected chi connectivity index (χ2v) is 3.75. The van der Waals surface area contributed by atoms with Crippen molar-refractivity contribution in [1.82, 2.24) is 0 Å². The zero-order valence-corrected chi connectivity index (χ0v) is 8.19. The molecule has 0 amide bonds. The highest BCUT2D eigenvalue weighted by molar-refractivity contribution is 5.18. The summed E-state index contributed by atoms with van der Waals surface area (Å²) in [6.07, 6.45) is 8.75. The number of aliphatic hydroxyl groups is 1. The fraction of sp³-hybridized carbons (Fsp3) is 0.636. The number of rotatable bonds is 2. The molecule has 0 saturated carbocycles. The van der Waals surface area contributed by atoms with E-state index in [0.29, 0.717) is 13.2 Å². The normalized spacial score (nSPS) is 32.8. The summed E-state index contributed by atoms with van der Waals surface area (Å²) in [4.78, 5) is 0. The lowest BCUT2D eigenvalue weighted by Crippen LogP contribution is -2.36. The number of allylic oxidation sites excluding steroid dienone is 3. The van der Waals surface area contributed by atoms with Crippen molar-refractivity contribution in [2.75, 3.05) is 13.2 Å². The van der Waals surface area contributed by atoms with Crippen molar-refractivity contribution in [2.24, 2.45) is 0 Å². The zero-order valence-electron chi connectivity index (χ0n) is 8.19. The van der Waals surface area contributed by atoms with Crippen LogP contribution in [-0.2, 0) is 9.47 Å². The second kappa shape index (κ2) is 4.73. The molecular weight excluding hydrogens is 180 g/mol. The summed E-state index contributed by atoms with van der Waals surface area (Å²) in [7, 11) is 0. The van der Waals surface area contributed by atoms with E-state index in [-0.39, 0.29) is 6.10 Å². The lowest BCUT2D eigenvalue weighted by Gasteiger charge is -2.27. The summed E-state index contributed by atoms with van der Waals surface area (Å²) in [5.74, 6) is 0. The Bertz CT molecular complexity index is 245. The largest absolute Gasteiger partial charge is 0.373 e. The average Bonchev–Trinajstić information content (AvgIpc) is 2.19. The van der Waals surface area contributed by atoms with Crippen molar-refractivity contribution >= 4 is 0 Å². The van der Waals surface area contributed by atoms with E-state index in [1.165, 1.54) is 5.57 Å². The van der Waals surface area contributed by atoms with Gasteiger partial charge in [0.05, 0.1) is 19.3 Å². The van der Waals surface area contributed by atoms with Crippen molar-refractivity contribution in [3.63, 3.8) is 0 Å². The lowest BCUT2D eigenvalue weighted by atomic mass is 9.99. The predicted octanol–water partition coefficient (Wildman–Crippen LogP) is 1.39. The Balaban J connectivity index is 1.84. The number of aliphatic hydroxyl groups excluding tert-OH is 1. The topological polar surface area (TPSA) is 38.7 Å². The van der Waals surface area contributed by atoms with Crippen molar-refractivity contribution in [1.29, 1.82) is 0 Å². The average molecular weight is 196 g/mol. The molecule has 2 rings (SSSR count). The van der Waals surface area contributed by atoms with E-state index in [9.17, 15) is 5.11 Å². The summed E-state index contributed by atoms with van der Waals surface area (Å²) in [5.41, 5.74) is 1.38. The maximum Gasteiger partial charge on any atom is 0.178 e. The molecule has 1 saturated heterocycles. The first-order valence-corrected chi connectivity index (χ1v) is 5.10. The summed E-state index contributed by atoms with van der Waals surface area (Å²) >= 11 is 0. The maximum atomic E-state index is 9.23. The third-order valence-electron chi connectivity index (χ3n) is 2.50. The Kier molecular flexibility index (Phi) is 3.35. The molecule has 2 aliphatic rings. The molecule has 1 heterocycles. The van der Waals surface area contributed by atoms with Crippen LogP contribution in [-0.4, -0.2) is 30.7 Å². The molecule has 0 aromatic carbocycles. The van der Waals surface area contributed by atoms with Crippen molar-refractivity contribution < 1.29 is 14.6 Å². The molecular formula is C11H16O3. The molecule has 3 heteroatoms. The quantitative estimate of drug-likeness (QED) is 0.725. The van der Waals surface area contributed by atoms with Gasteiger partial charge in [0.2, 0.25) is 0 Å². The van der Waals surface area contributed by atoms with Crippen molar-refractivity contribution in [3.05, 3.63) is 23.8 Å². The second-order valence-electron chi connectivity index (χ2n) is 3.75. The number of ether oxygens (including phenoxy) is 2. The van der Waals surface area contributed by atoms with Crippen molar-refractivity contribution in [2.45, 2.75) is 31.7 Å². The van der Waals surface area contributed by atoms with Gasteiger partial charge < -0.3 is 14.6 Å². The number of hydrogen-bond donors (Lipinski definition) is 1. The number of hydrogen-bond acceptors (Lipinski definition) is 3. The molecule has 0 radical (unpaired) electrons. The SMILES string of the molecule is OC1COCC(CC2=CC=CCC2)O1. The molecule has 1 N–H and O–H groups in total. The van der Waals surface area contributed by atoms with E-state index >= 15 is 0 Å². The first-order chi connectivity index (χ1) is 6.84. The van der Waals surface area contributed by atoms with E-state index in [1.54, 1.807) is 0 Å². The third-order valence-corrected chi connectivity index (χ3v) is 2.50. The van der Waals surface area contributed by atoms with Gasteiger partial charge in [-0.15, -0.1) is 0 Å². The van der Waals surface area contributed by atoms with Gasteiger partial charge in [-0.2, -0.15) is 0 Å². The highest BCUT2D eigenvalue weighted by atomic mass is 16.7. The molecule has 0 aromatic rings. The van der Waals surface area contributed by atoms with Crippen LogP contribution in [0.1, 0.15) is 19.3 Å². The van der Waals surface area contributed by atoms with E-state index in [2.05, 4.69) is 18.2 Å². The molecule has 78 valence electrons. The van der Waals surface area contributed by atoms with Crippen LogP contribution in [0.3, 0.4) is 0 Å². The minimum absolute atomic E-state index is 0.0245. The van der Waals surface area contributed by atoms with Gasteiger partial charge in [-0.05, 0) is 19.3 Å². The van der Waals surface area contributed by atoms with E-state index in [4.69, 9.17) is 9.47 Å². The first kappa shape index (κ1) is 9.90. The van der Waals surface area contributed by atoms with Gasteiger partial charge in [-0.3, -0.25) is 0 Å². The van der Waals surface area contributed by atoms with E-state index in [0.717, 1.165) is 19.3 Å². The van der Waals surface area contributed by atoms with Crippen LogP contribution in [0, 0.1) is 0 Å². The standard InChI is InChI=1S/C11H16O3/c12-11-8-13-7-10(14-11)6-9-4-2-1-3-5-9/h1-2,4,10-12H,3,5-8H2. The minimum atomic E-state index is -0.742. The first-order valence-electron chi connectivity index (χ1n) is 5.10. The molecule has 1 fully saturated rings. The molecule has 1 aliphatic carbocycles. The Morgan fingerprint density at radius 2 is 2.36 bits per heavy atom. The molecule has 0 aromatic heterocycles. The predicted molar refractivity (Wildman–Crippen MR) is 52.8 cm³/mol. The summed E-state index contributed by atoms with van der Waals surface area (Å²) in [5, 5.41) is 9.23. The molecule has 2 atom stereocenters. The Labute approximate surface area is 84.0 Å². The summed E-state index contributed by atoms with van der Waals surface area (Å²) in [6, 6.07) is 0. The summed E-state index contributed by atoms with van der Waals surface area (Å²) < 4.78 is 10.6. The Hall–Kier alpha value is -0.640. The minimum Gasteiger partial charge on any atom is -0.373 e. The van der Waals surface area contributed by atoms with E-state index < -0.39 is 6.29 Å². The van der Waals surface area contributed by atoms with Gasteiger partial charge in [0.15, 0.2) is 6.29 Å². The monoisotopic (exact) mass is 196 g/mol. The van der Waals surface area contributed by atoms with Gasteiger partial charge in [0, 0.05) is 0 Å². The van der Waals surface area contributed by atoms with Gasteiger partial charge >= 0.3 is 0 Å². The van der Waals surface area contributed by atoms with Crippen LogP contribution in [0.4, 0.5) is 0 Å². The van der Waals surface area contributed by atoms with E-state index in [1.807, 2.05) is 0 Å². The van der Waals surface area contributed by atoms with Gasteiger partial charge in [0.1, 0.15) is 0 Å². The highest BCUT2D eigenvalue weighted by Gasteiger charge is 2.21. The fourth-order valence-corrected chi connectivity index (χ4v) is 1.82. The molecule has 2 unspecified atom stereocenters.